The third-order valence-corrected chi connectivity index (χ3v) is 2.48. The van der Waals surface area contributed by atoms with Gasteiger partial charge in [0.2, 0.25) is 0 Å². The van der Waals surface area contributed by atoms with Crippen molar-refractivity contribution in [3.63, 3.8) is 0 Å². The molecule has 0 saturated heterocycles. The van der Waals surface area contributed by atoms with Crippen molar-refractivity contribution in [3.05, 3.63) is 0 Å². The number of hydrogen-bond donors (Lipinski definition) is 1. The molecule has 1 N–H and O–H groups in total. The van der Waals surface area contributed by atoms with E-state index in [1.807, 2.05) is 6.92 Å². The predicted octanol–water partition coefficient (Wildman–Crippen LogP) is 1.86. The zero-order valence-corrected chi connectivity index (χ0v) is 10.7. The van der Waals surface area contributed by atoms with E-state index in [1.165, 1.54) is 0 Å². The Hall–Kier alpha value is -0.0551. The Labute approximate surface area is 95.3 Å². The van der Waals surface area contributed by atoms with Gasteiger partial charge in [-0.05, 0) is 26.2 Å². The summed E-state index contributed by atoms with van der Waals surface area (Å²) in [6.45, 7) is 11.3. The van der Waals surface area contributed by atoms with Crippen molar-refractivity contribution < 1.29 is 9.47 Å². The van der Waals surface area contributed by atoms with Crippen molar-refractivity contribution in [2.75, 3.05) is 13.3 Å². The molecule has 88 valence electrons. The van der Waals surface area contributed by atoms with E-state index in [2.05, 4.69) is 26.1 Å². The molecule has 0 aliphatic carbocycles. The summed E-state index contributed by atoms with van der Waals surface area (Å²) in [6, 6.07) is -0.250. The molecule has 3 nitrogen and oxygen atoms in total. The average molecular weight is 213 g/mol. The van der Waals surface area contributed by atoms with Gasteiger partial charge in [0.25, 0.3) is 0 Å². The van der Waals surface area contributed by atoms with Crippen LogP contribution in [0.15, 0.2) is 0 Å². The fourth-order valence-corrected chi connectivity index (χ4v) is 1.05. The maximum Gasteiger partial charge on any atom is 0.120 e. The molecule has 0 spiro atoms. The molecule has 0 aromatic heterocycles. The molecule has 0 rings (SSSR count). The Kier molecular flexibility index (Phi) is 7.23. The number of rotatable bonds is 8. The van der Waals surface area contributed by atoms with Gasteiger partial charge in [-0.25, -0.2) is 0 Å². The summed E-state index contributed by atoms with van der Waals surface area (Å²) >= 11 is 0. The predicted molar refractivity (Wildman–Crippen MR) is 63.8 cm³/mol. The van der Waals surface area contributed by atoms with Gasteiger partial charge in [-0.2, -0.15) is 0 Å². The van der Waals surface area contributed by atoms with Crippen LogP contribution in [0, 0.1) is 5.92 Å². The van der Waals surface area contributed by atoms with Gasteiger partial charge in [0.1, 0.15) is 13.6 Å². The Bertz CT molecular complexity index is 165. The summed E-state index contributed by atoms with van der Waals surface area (Å²) in [4.78, 5) is 0. The van der Waals surface area contributed by atoms with Crippen molar-refractivity contribution in [1.82, 2.24) is 5.32 Å². The molecule has 15 heavy (non-hydrogen) atoms. The molecule has 2 radical (unpaired) electrons. The molecule has 0 aliphatic rings. The van der Waals surface area contributed by atoms with Crippen LogP contribution < -0.4 is 5.32 Å². The second-order valence-electron chi connectivity index (χ2n) is 4.30. The monoisotopic (exact) mass is 213 g/mol. The van der Waals surface area contributed by atoms with Crippen molar-refractivity contribution in [1.29, 1.82) is 0 Å². The first-order valence-electron chi connectivity index (χ1n) is 5.68. The highest BCUT2D eigenvalue weighted by Gasteiger charge is 2.28. The minimum atomic E-state index is -0.342. The van der Waals surface area contributed by atoms with E-state index in [0.717, 1.165) is 13.0 Å². The summed E-state index contributed by atoms with van der Waals surface area (Å²) in [5, 5.41) is 3.24. The Morgan fingerprint density at radius 3 is 2.33 bits per heavy atom. The Morgan fingerprint density at radius 2 is 1.93 bits per heavy atom. The Morgan fingerprint density at radius 1 is 1.33 bits per heavy atom. The van der Waals surface area contributed by atoms with E-state index in [9.17, 15) is 0 Å². The van der Waals surface area contributed by atoms with Gasteiger partial charge >= 0.3 is 0 Å². The SMILES string of the molecule is [B]C(C)OCNC(C)(OCCC)C(C)C. The molecule has 0 heterocycles. The molecule has 0 saturated carbocycles. The molecule has 0 amide bonds. The average Bonchev–Trinajstić information content (AvgIpc) is 2.14. The first kappa shape index (κ1) is 14.9. The number of ether oxygens (including phenoxy) is 2. The van der Waals surface area contributed by atoms with Crippen LogP contribution in [-0.4, -0.2) is 32.9 Å². The highest BCUT2D eigenvalue weighted by molar-refractivity contribution is 6.10. The third kappa shape index (κ3) is 6.18. The lowest BCUT2D eigenvalue weighted by molar-refractivity contribution is -0.108. The number of hydrogen-bond acceptors (Lipinski definition) is 3. The van der Waals surface area contributed by atoms with E-state index in [0.29, 0.717) is 12.6 Å². The van der Waals surface area contributed by atoms with Crippen LogP contribution in [0.1, 0.15) is 41.0 Å². The maximum atomic E-state index is 5.79. The van der Waals surface area contributed by atoms with E-state index < -0.39 is 0 Å². The maximum absolute atomic E-state index is 5.79. The molecule has 0 bridgehead atoms. The molecule has 0 aromatic rings. The van der Waals surface area contributed by atoms with Crippen LogP contribution in [0.25, 0.3) is 0 Å². The van der Waals surface area contributed by atoms with Gasteiger partial charge in [-0.1, -0.05) is 20.8 Å². The molecule has 2 atom stereocenters. The number of nitrogens with one attached hydrogen (secondary N) is 1. The second kappa shape index (κ2) is 7.26. The third-order valence-electron chi connectivity index (χ3n) is 2.48. The molecule has 0 fully saturated rings. The molecule has 0 aliphatic heterocycles. The fourth-order valence-electron chi connectivity index (χ4n) is 1.05. The smallest absolute Gasteiger partial charge is 0.120 e. The lowest BCUT2D eigenvalue weighted by Crippen LogP contribution is -2.50. The van der Waals surface area contributed by atoms with Gasteiger partial charge in [-0.15, -0.1) is 0 Å². The minimum absolute atomic E-state index is 0.250. The van der Waals surface area contributed by atoms with Crippen LogP contribution in [0.5, 0.6) is 0 Å². The van der Waals surface area contributed by atoms with E-state index in [-0.39, 0.29) is 11.7 Å². The van der Waals surface area contributed by atoms with Gasteiger partial charge in [-0.3, -0.25) is 5.32 Å². The largest absolute Gasteiger partial charge is 0.373 e. The first-order valence-corrected chi connectivity index (χ1v) is 5.68. The lowest BCUT2D eigenvalue weighted by atomic mass is 10.0. The quantitative estimate of drug-likeness (QED) is 0.493. The summed E-state index contributed by atoms with van der Waals surface area (Å²) < 4.78 is 11.0. The molecule has 0 aromatic carbocycles. The normalized spacial score (nSPS) is 17.7. The zero-order valence-electron chi connectivity index (χ0n) is 10.7. The van der Waals surface area contributed by atoms with Crippen molar-refractivity contribution in [2.45, 2.75) is 52.8 Å². The van der Waals surface area contributed by atoms with Crippen molar-refractivity contribution in [3.8, 4) is 0 Å². The molecular formula is C11H24BNO2. The highest BCUT2D eigenvalue weighted by atomic mass is 16.5. The summed E-state index contributed by atoms with van der Waals surface area (Å²) in [5.41, 5.74) is -0.342. The fraction of sp³-hybridized carbons (Fsp3) is 1.00. The van der Waals surface area contributed by atoms with Gasteiger partial charge < -0.3 is 9.47 Å². The topological polar surface area (TPSA) is 30.5 Å². The van der Waals surface area contributed by atoms with Crippen molar-refractivity contribution >= 4 is 7.85 Å². The van der Waals surface area contributed by atoms with Gasteiger partial charge in [0, 0.05) is 12.6 Å². The van der Waals surface area contributed by atoms with Gasteiger partial charge in [0.05, 0.1) is 6.73 Å². The zero-order chi connectivity index (χ0) is 11.9. The standard InChI is InChI=1S/C11H24BNO2/c1-6-7-15-11(5,9(2)3)13-8-14-10(4)12/h9-10,13H,6-8H2,1-5H3. The lowest BCUT2D eigenvalue weighted by Gasteiger charge is -2.35. The van der Waals surface area contributed by atoms with Crippen LogP contribution in [0.2, 0.25) is 0 Å². The van der Waals surface area contributed by atoms with E-state index in [1.54, 1.807) is 6.92 Å². The molecule has 4 heteroatoms. The first-order chi connectivity index (χ1) is 6.92. The Balaban J connectivity index is 4.01. The molecule has 2 unspecified atom stereocenters. The highest BCUT2D eigenvalue weighted by Crippen LogP contribution is 2.18. The van der Waals surface area contributed by atoms with Crippen LogP contribution >= 0.6 is 0 Å². The molecular weight excluding hydrogens is 189 g/mol. The summed E-state index contributed by atoms with van der Waals surface area (Å²) in [7, 11) is 5.49. The van der Waals surface area contributed by atoms with Crippen LogP contribution in [-0.2, 0) is 9.47 Å². The van der Waals surface area contributed by atoms with Crippen LogP contribution in [0.3, 0.4) is 0 Å². The summed E-state index contributed by atoms with van der Waals surface area (Å²) in [5.74, 6) is 0.376. The van der Waals surface area contributed by atoms with Gasteiger partial charge in [0.15, 0.2) is 0 Å². The minimum Gasteiger partial charge on any atom is -0.373 e. The second-order valence-corrected chi connectivity index (χ2v) is 4.30. The van der Waals surface area contributed by atoms with E-state index in [4.69, 9.17) is 17.3 Å². The van der Waals surface area contributed by atoms with Crippen molar-refractivity contribution in [2.24, 2.45) is 5.92 Å². The van der Waals surface area contributed by atoms with E-state index >= 15 is 0 Å². The van der Waals surface area contributed by atoms with Crippen LogP contribution in [0.4, 0.5) is 0 Å². The summed E-state index contributed by atoms with van der Waals surface area (Å²) in [6.07, 6.45) is 1.01.